The van der Waals surface area contributed by atoms with Crippen LogP contribution in [-0.2, 0) is 0 Å². The molecular weight excluding hydrogens is 236 g/mol. The van der Waals surface area contributed by atoms with Gasteiger partial charge in [-0.3, -0.25) is 0 Å². The van der Waals surface area contributed by atoms with Crippen LogP contribution in [0.2, 0.25) is 0 Å². The molecule has 0 aliphatic heterocycles. The van der Waals surface area contributed by atoms with Crippen LogP contribution in [-0.4, -0.2) is 6.16 Å². The zero-order valence-corrected chi connectivity index (χ0v) is 9.56. The van der Waals surface area contributed by atoms with Crippen molar-refractivity contribution in [3.8, 4) is 0 Å². The van der Waals surface area contributed by atoms with Crippen molar-refractivity contribution in [2.75, 3.05) is 6.16 Å². The third kappa shape index (κ3) is 115. The van der Waals surface area contributed by atoms with Gasteiger partial charge in [0.2, 0.25) is 0 Å². The van der Waals surface area contributed by atoms with Gasteiger partial charge in [-0.2, -0.15) is 0 Å². The fourth-order valence-electron chi connectivity index (χ4n) is 0.427. The first-order valence-corrected chi connectivity index (χ1v) is 6.75. The molecule has 13 heavy (non-hydrogen) atoms. The van der Waals surface area contributed by atoms with Gasteiger partial charge in [0, 0.05) is 0 Å². The second-order valence-electron chi connectivity index (χ2n) is 2.52. The molecule has 0 spiro atoms. The maximum absolute atomic E-state index is 10.7. The molecule has 0 bridgehead atoms. The Morgan fingerprint density at radius 3 is 1.31 bits per heavy atom. The molecule has 0 aromatic heterocycles. The van der Waals surface area contributed by atoms with Gasteiger partial charge in [0.1, 0.15) is 0 Å². The van der Waals surface area contributed by atoms with Crippen molar-refractivity contribution < 1.29 is 25.2 Å². The van der Waals surface area contributed by atoms with Crippen LogP contribution in [0.1, 0.15) is 26.2 Å². The van der Waals surface area contributed by atoms with E-state index < -0.39 is 7.81 Å². The van der Waals surface area contributed by atoms with Gasteiger partial charge < -0.3 is 0 Å². The minimum absolute atomic E-state index is 1.36. The summed E-state index contributed by atoms with van der Waals surface area (Å²) in [5.41, 5.74) is 0. The molecular formula is C5H14F6P2. The summed E-state index contributed by atoms with van der Waals surface area (Å²) in [6.07, 6.45) is 5.59. The summed E-state index contributed by atoms with van der Waals surface area (Å²) in [7, 11) is -8.59. The monoisotopic (exact) mass is 250 g/mol. The van der Waals surface area contributed by atoms with Crippen LogP contribution in [0.25, 0.3) is 0 Å². The number of halogens is 6. The molecule has 0 saturated carbocycles. The summed E-state index contributed by atoms with van der Waals surface area (Å²) in [5.74, 6) is 0. The summed E-state index contributed by atoms with van der Waals surface area (Å²) >= 11 is 0. The van der Waals surface area contributed by atoms with Crippen molar-refractivity contribution in [1.82, 2.24) is 0 Å². The van der Waals surface area contributed by atoms with E-state index in [0.29, 0.717) is 0 Å². The molecule has 0 rings (SSSR count). The van der Waals surface area contributed by atoms with E-state index in [1.165, 1.54) is 25.4 Å². The van der Waals surface area contributed by atoms with E-state index in [0.717, 1.165) is 0 Å². The van der Waals surface area contributed by atoms with E-state index in [2.05, 4.69) is 16.2 Å². The van der Waals surface area contributed by atoms with E-state index in [1.807, 2.05) is 0 Å². The Bertz CT molecular complexity index is 118. The first kappa shape index (κ1) is 15.9. The van der Waals surface area contributed by atoms with Crippen LogP contribution in [0.5, 0.6) is 0 Å². The Balaban J connectivity index is 0. The van der Waals surface area contributed by atoms with Gasteiger partial charge in [0.25, 0.3) is 0 Å². The molecule has 86 valence electrons. The molecule has 0 aromatic carbocycles. The van der Waals surface area contributed by atoms with E-state index in [9.17, 15) is 25.2 Å². The Kier molecular flexibility index (Phi) is 5.27. The third-order valence-electron chi connectivity index (χ3n) is 0.854. The average Bonchev–Trinajstić information content (AvgIpc) is 1.76. The second kappa shape index (κ2) is 4.31. The van der Waals surface area contributed by atoms with E-state index >= 15 is 0 Å². The van der Waals surface area contributed by atoms with Crippen molar-refractivity contribution in [2.45, 2.75) is 26.2 Å². The van der Waals surface area contributed by atoms with Gasteiger partial charge in [-0.15, -0.1) is 0 Å². The molecule has 1 unspecified atom stereocenters. The first-order valence-electron chi connectivity index (χ1n) is 3.72. The van der Waals surface area contributed by atoms with Gasteiger partial charge in [0.05, 0.1) is 6.16 Å². The average molecular weight is 250 g/mol. The molecule has 0 fully saturated rings. The summed E-state index contributed by atoms with van der Waals surface area (Å²) in [4.78, 5) is 0. The molecule has 0 nitrogen and oxygen atoms in total. The molecule has 0 saturated heterocycles. The summed E-state index contributed by atoms with van der Waals surface area (Å²) < 4.78 is 59.2. The van der Waals surface area contributed by atoms with Crippen LogP contribution < -0.4 is 0 Å². The Labute approximate surface area is 75.5 Å². The van der Waals surface area contributed by atoms with Crippen LogP contribution in [0.4, 0.5) is 25.2 Å². The van der Waals surface area contributed by atoms with Crippen molar-refractivity contribution in [3.05, 3.63) is 0 Å². The predicted molar refractivity (Wildman–Crippen MR) is 49.1 cm³/mol. The van der Waals surface area contributed by atoms with Crippen LogP contribution in [0.15, 0.2) is 0 Å². The number of hydrogen-bond acceptors (Lipinski definition) is 0. The van der Waals surface area contributed by atoms with Gasteiger partial charge in [0.15, 0.2) is 0 Å². The van der Waals surface area contributed by atoms with Crippen molar-refractivity contribution in [3.63, 3.8) is 0 Å². The van der Waals surface area contributed by atoms with E-state index in [4.69, 9.17) is 0 Å². The van der Waals surface area contributed by atoms with Gasteiger partial charge in [-0.1, -0.05) is 19.8 Å². The Morgan fingerprint density at radius 1 is 0.923 bits per heavy atom. The minimum atomic E-state index is -10.7. The van der Waals surface area contributed by atoms with Crippen LogP contribution >= 0.6 is 17.0 Å². The molecule has 0 N–H and O–H groups in total. The number of rotatable bonds is 3. The summed E-state index contributed by atoms with van der Waals surface area (Å²) in [6, 6.07) is 0. The van der Waals surface area contributed by atoms with E-state index in [1.54, 1.807) is 0 Å². The third-order valence-corrected chi connectivity index (χ3v) is 1.35. The standard InChI is InChI=1S/C5H13P.F6P/c1-2-3-4-5-6;1-7(2,3,4,5)6/h2-6H2,1H3;/q;-1/p+1. The molecule has 8 heteroatoms. The van der Waals surface area contributed by atoms with E-state index in [-0.39, 0.29) is 0 Å². The Hall–Kier alpha value is 0.440. The quantitative estimate of drug-likeness (QED) is 0.368. The molecule has 1 atom stereocenters. The molecule has 0 aromatic rings. The number of hydrogen-bond donors (Lipinski definition) is 0. The zero-order chi connectivity index (χ0) is 11.2. The Morgan fingerprint density at radius 2 is 1.23 bits per heavy atom. The maximum atomic E-state index is 9.87. The summed E-state index contributed by atoms with van der Waals surface area (Å²) in [5, 5.41) is 0. The zero-order valence-electron chi connectivity index (χ0n) is 7.25. The van der Waals surface area contributed by atoms with Crippen molar-refractivity contribution in [2.24, 2.45) is 0 Å². The second-order valence-corrected chi connectivity index (χ2v) is 5.14. The van der Waals surface area contributed by atoms with Gasteiger partial charge in [-0.25, -0.2) is 0 Å². The predicted octanol–water partition coefficient (Wildman–Crippen LogP) is 5.17. The van der Waals surface area contributed by atoms with Crippen molar-refractivity contribution >= 4 is 17.0 Å². The summed E-state index contributed by atoms with van der Waals surface area (Å²) in [6.45, 7) is 2.23. The SMILES string of the molecule is CCCCC[PH3+].F[P-](F)(F)(F)(F)F. The molecule has 0 heterocycles. The fraction of sp³-hybridized carbons (Fsp3) is 1.00. The molecule has 0 amide bonds. The van der Waals surface area contributed by atoms with Crippen LogP contribution in [0, 0.1) is 0 Å². The fourth-order valence-corrected chi connectivity index (χ4v) is 0.780. The van der Waals surface area contributed by atoms with Crippen molar-refractivity contribution in [1.29, 1.82) is 0 Å². The molecule has 0 aliphatic carbocycles. The number of unbranched alkanes of at least 4 members (excludes halogenated alkanes) is 2. The molecule has 0 aliphatic rings. The van der Waals surface area contributed by atoms with Gasteiger partial charge in [-0.05, 0) is 15.7 Å². The van der Waals surface area contributed by atoms with Crippen LogP contribution in [0.3, 0.4) is 0 Å². The molecule has 0 radical (unpaired) electrons. The van der Waals surface area contributed by atoms with Gasteiger partial charge >= 0.3 is 33.0 Å². The normalized spacial score (nSPS) is 16.8. The topological polar surface area (TPSA) is 0 Å². The first-order chi connectivity index (χ1) is 5.36.